The summed E-state index contributed by atoms with van der Waals surface area (Å²) in [5.74, 6) is 1.26. The zero-order valence-corrected chi connectivity index (χ0v) is 18.9. The highest BCUT2D eigenvalue weighted by Crippen LogP contribution is 2.36. The van der Waals surface area contributed by atoms with Crippen LogP contribution in [0.2, 0.25) is 0 Å². The standard InChI is InChI=1S/C27H28O7/c1-29-20-12-14-21(15-13-20)32-27-23(28)25(30-16-18-8-4-2-5-9-18)24-22(33-27)17-31-26(34-24)19-10-6-3-7-11-19/h2-15,22-28H,16-17H2,1H3/t22-,23-,24-,25-,26?,27-/m1/s1. The summed E-state index contributed by atoms with van der Waals surface area (Å²) < 4.78 is 35.7. The third-order valence-electron chi connectivity index (χ3n) is 5.98. The maximum atomic E-state index is 11.2. The van der Waals surface area contributed by atoms with Crippen LogP contribution >= 0.6 is 0 Å². The quantitative estimate of drug-likeness (QED) is 0.569. The van der Waals surface area contributed by atoms with Crippen LogP contribution in [0.25, 0.3) is 0 Å². The van der Waals surface area contributed by atoms with Gasteiger partial charge in [-0.1, -0.05) is 60.7 Å². The molecule has 2 aliphatic heterocycles. The fourth-order valence-corrected chi connectivity index (χ4v) is 4.19. The zero-order chi connectivity index (χ0) is 23.3. The van der Waals surface area contributed by atoms with Gasteiger partial charge in [-0.15, -0.1) is 0 Å². The van der Waals surface area contributed by atoms with Crippen molar-refractivity contribution in [1.82, 2.24) is 0 Å². The van der Waals surface area contributed by atoms with Crippen molar-refractivity contribution >= 4 is 0 Å². The normalized spacial score (nSPS) is 28.6. The Morgan fingerprint density at radius 3 is 2.24 bits per heavy atom. The van der Waals surface area contributed by atoms with Gasteiger partial charge in [0.05, 0.1) is 20.3 Å². The van der Waals surface area contributed by atoms with Gasteiger partial charge in [0.25, 0.3) is 0 Å². The SMILES string of the molecule is COc1ccc(O[C@@H]2O[C@@H]3COC(c4ccccc4)O[C@H]3[C@H](OCc3ccccc3)[C@H]2O)cc1. The van der Waals surface area contributed by atoms with Crippen LogP contribution in [-0.4, -0.2) is 49.5 Å². The first kappa shape index (κ1) is 22.8. The number of ether oxygens (including phenoxy) is 6. The molecule has 0 radical (unpaired) electrons. The fourth-order valence-electron chi connectivity index (χ4n) is 4.19. The Hall–Kier alpha value is -2.94. The molecule has 0 amide bonds. The van der Waals surface area contributed by atoms with E-state index in [1.807, 2.05) is 60.7 Å². The first-order valence-corrected chi connectivity index (χ1v) is 11.3. The molecule has 0 aromatic heterocycles. The van der Waals surface area contributed by atoms with Gasteiger partial charge < -0.3 is 33.5 Å². The van der Waals surface area contributed by atoms with Crippen molar-refractivity contribution in [1.29, 1.82) is 0 Å². The van der Waals surface area contributed by atoms with Crippen LogP contribution in [0.15, 0.2) is 84.9 Å². The Morgan fingerprint density at radius 1 is 0.853 bits per heavy atom. The third-order valence-corrected chi connectivity index (χ3v) is 5.98. The minimum atomic E-state index is -1.08. The van der Waals surface area contributed by atoms with Crippen LogP contribution in [0, 0.1) is 0 Å². The monoisotopic (exact) mass is 464 g/mol. The third kappa shape index (κ3) is 5.09. The molecule has 6 atom stereocenters. The lowest BCUT2D eigenvalue weighted by molar-refractivity contribution is -0.356. The summed E-state index contributed by atoms with van der Waals surface area (Å²) in [5, 5.41) is 11.2. The maximum Gasteiger partial charge on any atom is 0.229 e. The highest BCUT2D eigenvalue weighted by molar-refractivity contribution is 5.31. The molecule has 5 rings (SSSR count). The molecule has 3 aromatic carbocycles. The predicted molar refractivity (Wildman–Crippen MR) is 123 cm³/mol. The van der Waals surface area contributed by atoms with Crippen LogP contribution in [0.5, 0.6) is 11.5 Å². The summed E-state index contributed by atoms with van der Waals surface area (Å²) in [5.41, 5.74) is 1.89. The number of hydrogen-bond donors (Lipinski definition) is 1. The summed E-state index contributed by atoms with van der Waals surface area (Å²) in [6.07, 6.45) is -4.28. The van der Waals surface area contributed by atoms with Gasteiger partial charge in [0.1, 0.15) is 35.9 Å². The average molecular weight is 465 g/mol. The van der Waals surface area contributed by atoms with Crippen LogP contribution in [0.1, 0.15) is 17.4 Å². The highest BCUT2D eigenvalue weighted by Gasteiger charge is 2.51. The molecule has 3 aromatic rings. The van der Waals surface area contributed by atoms with Crippen molar-refractivity contribution in [2.75, 3.05) is 13.7 Å². The summed E-state index contributed by atoms with van der Waals surface area (Å²) in [4.78, 5) is 0. The molecule has 178 valence electrons. The van der Waals surface area contributed by atoms with Crippen molar-refractivity contribution < 1.29 is 33.5 Å². The summed E-state index contributed by atoms with van der Waals surface area (Å²) in [6, 6.07) is 26.6. The Bertz CT molecular complexity index is 1030. The lowest BCUT2D eigenvalue weighted by Crippen LogP contribution is -2.63. The minimum Gasteiger partial charge on any atom is -0.497 e. The topological polar surface area (TPSA) is 75.6 Å². The van der Waals surface area contributed by atoms with Crippen molar-refractivity contribution in [2.24, 2.45) is 0 Å². The van der Waals surface area contributed by atoms with Gasteiger partial charge >= 0.3 is 0 Å². The van der Waals surface area contributed by atoms with Gasteiger partial charge in [-0.25, -0.2) is 0 Å². The zero-order valence-electron chi connectivity index (χ0n) is 18.9. The van der Waals surface area contributed by atoms with Gasteiger partial charge in [0.2, 0.25) is 6.29 Å². The molecular weight excluding hydrogens is 436 g/mol. The molecule has 2 aliphatic rings. The molecule has 2 heterocycles. The molecule has 2 fully saturated rings. The second-order valence-corrected chi connectivity index (χ2v) is 8.26. The highest BCUT2D eigenvalue weighted by atomic mass is 16.8. The molecule has 2 saturated heterocycles. The molecule has 1 unspecified atom stereocenters. The number of benzene rings is 3. The van der Waals surface area contributed by atoms with Gasteiger partial charge in [0.15, 0.2) is 6.29 Å². The first-order chi connectivity index (χ1) is 16.7. The Morgan fingerprint density at radius 2 is 1.53 bits per heavy atom. The second-order valence-electron chi connectivity index (χ2n) is 8.26. The van der Waals surface area contributed by atoms with E-state index in [2.05, 4.69) is 0 Å². The van der Waals surface area contributed by atoms with Gasteiger partial charge in [-0.2, -0.15) is 0 Å². The van der Waals surface area contributed by atoms with Crippen molar-refractivity contribution in [2.45, 2.75) is 43.6 Å². The van der Waals surface area contributed by atoms with Crippen molar-refractivity contribution in [3.05, 3.63) is 96.1 Å². The maximum absolute atomic E-state index is 11.2. The van der Waals surface area contributed by atoms with E-state index >= 15 is 0 Å². The average Bonchev–Trinajstić information content (AvgIpc) is 2.90. The van der Waals surface area contributed by atoms with Crippen LogP contribution in [0.4, 0.5) is 0 Å². The number of methoxy groups -OCH3 is 1. The van der Waals surface area contributed by atoms with Gasteiger partial charge in [0, 0.05) is 5.56 Å². The predicted octanol–water partition coefficient (Wildman–Crippen LogP) is 3.86. The Kier molecular flexibility index (Phi) is 7.08. The molecule has 1 N–H and O–H groups in total. The van der Waals surface area contributed by atoms with E-state index in [1.165, 1.54) is 0 Å². The number of fused-ring (bicyclic) bond motifs is 1. The fraction of sp³-hybridized carbons (Fsp3) is 0.333. The lowest BCUT2D eigenvalue weighted by atomic mass is 9.97. The molecule has 7 nitrogen and oxygen atoms in total. The van der Waals surface area contributed by atoms with E-state index in [-0.39, 0.29) is 6.61 Å². The molecular formula is C27H28O7. The molecule has 7 heteroatoms. The van der Waals surface area contributed by atoms with E-state index in [4.69, 9.17) is 28.4 Å². The number of rotatable bonds is 7. The van der Waals surface area contributed by atoms with Crippen LogP contribution in [-0.2, 0) is 25.6 Å². The Labute approximate surface area is 198 Å². The molecule has 0 spiro atoms. The molecule has 0 bridgehead atoms. The van der Waals surface area contributed by atoms with E-state index in [1.54, 1.807) is 31.4 Å². The Balaban J connectivity index is 1.35. The second kappa shape index (κ2) is 10.5. The smallest absolute Gasteiger partial charge is 0.229 e. The van der Waals surface area contributed by atoms with Crippen LogP contribution in [0.3, 0.4) is 0 Å². The van der Waals surface area contributed by atoms with E-state index in [0.29, 0.717) is 18.1 Å². The van der Waals surface area contributed by atoms with Crippen molar-refractivity contribution in [3.8, 4) is 11.5 Å². The van der Waals surface area contributed by atoms with Gasteiger partial charge in [-0.3, -0.25) is 0 Å². The molecule has 0 saturated carbocycles. The van der Waals surface area contributed by atoms with Gasteiger partial charge in [-0.05, 0) is 29.8 Å². The minimum absolute atomic E-state index is 0.282. The van der Waals surface area contributed by atoms with Crippen molar-refractivity contribution in [3.63, 3.8) is 0 Å². The van der Waals surface area contributed by atoms with E-state index in [9.17, 15) is 5.11 Å². The summed E-state index contributed by atoms with van der Waals surface area (Å²) in [6.45, 7) is 0.603. The first-order valence-electron chi connectivity index (χ1n) is 11.3. The number of hydrogen-bond acceptors (Lipinski definition) is 7. The lowest BCUT2D eigenvalue weighted by Gasteiger charge is -2.47. The molecule has 0 aliphatic carbocycles. The number of aliphatic hydroxyl groups is 1. The summed E-state index contributed by atoms with van der Waals surface area (Å²) in [7, 11) is 1.60. The van der Waals surface area contributed by atoms with E-state index < -0.39 is 37.0 Å². The summed E-state index contributed by atoms with van der Waals surface area (Å²) >= 11 is 0. The van der Waals surface area contributed by atoms with Crippen LogP contribution < -0.4 is 9.47 Å². The molecule has 34 heavy (non-hydrogen) atoms. The number of aliphatic hydroxyl groups excluding tert-OH is 1. The largest absolute Gasteiger partial charge is 0.497 e. The van der Waals surface area contributed by atoms with E-state index in [0.717, 1.165) is 11.1 Å².